The molecule has 3 rings (SSSR count). The van der Waals surface area contributed by atoms with Crippen molar-refractivity contribution in [2.45, 2.75) is 32.7 Å². The van der Waals surface area contributed by atoms with Gasteiger partial charge in [0.2, 0.25) is 0 Å². The van der Waals surface area contributed by atoms with Crippen LogP contribution in [0, 0.1) is 0 Å². The van der Waals surface area contributed by atoms with Crippen molar-refractivity contribution in [1.82, 2.24) is 0 Å². The van der Waals surface area contributed by atoms with E-state index in [-0.39, 0.29) is 11.3 Å². The number of hydrogen-bond acceptors (Lipinski definition) is 3. The molecule has 4 heteroatoms. The van der Waals surface area contributed by atoms with Crippen LogP contribution in [0.5, 0.6) is 5.75 Å². The predicted octanol–water partition coefficient (Wildman–Crippen LogP) is 5.43. The van der Waals surface area contributed by atoms with Crippen LogP contribution in [0.2, 0.25) is 0 Å². The number of carbonyl (C=O) groups is 1. The van der Waals surface area contributed by atoms with Gasteiger partial charge in [0.25, 0.3) is 5.91 Å². The Morgan fingerprint density at radius 1 is 1.00 bits per heavy atom. The number of anilines is 1. The molecule has 0 N–H and O–H groups in total. The normalized spacial score (nSPS) is 11.3. The zero-order chi connectivity index (χ0) is 19.4. The molecule has 2 aromatic carbocycles. The lowest BCUT2D eigenvalue weighted by molar-refractivity contribution is 0.0983. The highest BCUT2D eigenvalue weighted by Gasteiger charge is 2.21. The third-order valence-electron chi connectivity index (χ3n) is 4.52. The van der Waals surface area contributed by atoms with Crippen LogP contribution >= 0.6 is 0 Å². The molecule has 0 aliphatic carbocycles. The molecular weight excluding hydrogens is 338 g/mol. The van der Waals surface area contributed by atoms with Crippen LogP contribution in [-0.2, 0) is 12.0 Å². The molecule has 0 bridgehead atoms. The molecule has 1 heterocycles. The van der Waals surface area contributed by atoms with Crippen molar-refractivity contribution in [3.63, 3.8) is 0 Å². The van der Waals surface area contributed by atoms with Crippen LogP contribution in [-0.4, -0.2) is 13.0 Å². The first-order valence-corrected chi connectivity index (χ1v) is 8.97. The average molecular weight is 363 g/mol. The van der Waals surface area contributed by atoms with Gasteiger partial charge in [-0.2, -0.15) is 0 Å². The maximum absolute atomic E-state index is 13.2. The van der Waals surface area contributed by atoms with Gasteiger partial charge in [0.05, 0.1) is 19.9 Å². The monoisotopic (exact) mass is 363 g/mol. The summed E-state index contributed by atoms with van der Waals surface area (Å²) >= 11 is 0. The second-order valence-corrected chi connectivity index (χ2v) is 7.50. The van der Waals surface area contributed by atoms with E-state index in [0.29, 0.717) is 12.1 Å². The molecule has 0 saturated carbocycles. The first kappa shape index (κ1) is 18.8. The molecule has 0 aliphatic rings. The van der Waals surface area contributed by atoms with E-state index < -0.39 is 0 Å². The third-order valence-corrected chi connectivity index (χ3v) is 4.52. The Bertz CT molecular complexity index is 873. The highest BCUT2D eigenvalue weighted by molar-refractivity contribution is 6.06. The molecule has 1 aromatic heterocycles. The highest BCUT2D eigenvalue weighted by Crippen LogP contribution is 2.26. The summed E-state index contributed by atoms with van der Waals surface area (Å²) in [6.07, 6.45) is 1.62. The minimum absolute atomic E-state index is 0.0470. The quantitative estimate of drug-likeness (QED) is 0.607. The van der Waals surface area contributed by atoms with Gasteiger partial charge in [-0.1, -0.05) is 32.9 Å². The largest absolute Gasteiger partial charge is 0.497 e. The number of furan rings is 1. The number of benzene rings is 2. The van der Waals surface area contributed by atoms with Gasteiger partial charge in [0.15, 0.2) is 0 Å². The third kappa shape index (κ3) is 4.40. The van der Waals surface area contributed by atoms with E-state index in [0.717, 1.165) is 17.2 Å². The Morgan fingerprint density at radius 2 is 1.67 bits per heavy atom. The Hall–Kier alpha value is -3.01. The molecule has 0 unspecified atom stereocenters. The van der Waals surface area contributed by atoms with E-state index in [2.05, 4.69) is 20.8 Å². The van der Waals surface area contributed by atoms with Crippen molar-refractivity contribution in [3.05, 3.63) is 83.8 Å². The Kier molecular flexibility index (Phi) is 5.36. The molecule has 0 radical (unpaired) electrons. The molecule has 27 heavy (non-hydrogen) atoms. The molecule has 0 fully saturated rings. The van der Waals surface area contributed by atoms with E-state index in [1.54, 1.807) is 18.3 Å². The first-order valence-electron chi connectivity index (χ1n) is 8.97. The summed E-state index contributed by atoms with van der Waals surface area (Å²) in [6, 6.07) is 19.0. The SMILES string of the molecule is COc1ccc(N(Cc2ccco2)C(=O)c2ccc(C(C)(C)C)cc2)cc1. The molecule has 1 amide bonds. The summed E-state index contributed by atoms with van der Waals surface area (Å²) in [6.45, 7) is 6.83. The summed E-state index contributed by atoms with van der Waals surface area (Å²) in [4.78, 5) is 15.0. The van der Waals surface area contributed by atoms with Crippen molar-refractivity contribution in [3.8, 4) is 5.75 Å². The summed E-state index contributed by atoms with van der Waals surface area (Å²) in [5, 5.41) is 0. The number of amides is 1. The fraction of sp³-hybridized carbons (Fsp3) is 0.261. The number of methoxy groups -OCH3 is 1. The van der Waals surface area contributed by atoms with Crippen LogP contribution in [0.1, 0.15) is 42.5 Å². The van der Waals surface area contributed by atoms with Gasteiger partial charge in [-0.15, -0.1) is 0 Å². The molecule has 3 aromatic rings. The minimum atomic E-state index is -0.0722. The second-order valence-electron chi connectivity index (χ2n) is 7.50. The lowest BCUT2D eigenvalue weighted by Gasteiger charge is -2.23. The molecule has 140 valence electrons. The minimum Gasteiger partial charge on any atom is -0.497 e. The maximum Gasteiger partial charge on any atom is 0.258 e. The van der Waals surface area contributed by atoms with Crippen molar-refractivity contribution < 1.29 is 13.9 Å². The van der Waals surface area contributed by atoms with Gasteiger partial charge in [-0.05, 0) is 59.5 Å². The Morgan fingerprint density at radius 3 is 2.19 bits per heavy atom. The van der Waals surface area contributed by atoms with Crippen LogP contribution < -0.4 is 9.64 Å². The molecule has 0 spiro atoms. The maximum atomic E-state index is 13.2. The van der Waals surface area contributed by atoms with E-state index >= 15 is 0 Å². The lowest BCUT2D eigenvalue weighted by atomic mass is 9.86. The van der Waals surface area contributed by atoms with Gasteiger partial charge < -0.3 is 14.1 Å². The number of rotatable bonds is 5. The molecule has 4 nitrogen and oxygen atoms in total. The predicted molar refractivity (Wildman–Crippen MR) is 107 cm³/mol. The van der Waals surface area contributed by atoms with Crippen LogP contribution in [0.15, 0.2) is 71.3 Å². The van der Waals surface area contributed by atoms with Crippen molar-refractivity contribution in [2.24, 2.45) is 0 Å². The van der Waals surface area contributed by atoms with Gasteiger partial charge >= 0.3 is 0 Å². The standard InChI is InChI=1S/C23H25NO3/c1-23(2,3)18-9-7-17(8-10-18)22(25)24(16-21-6-5-15-27-21)19-11-13-20(26-4)14-12-19/h5-15H,16H2,1-4H3. The molecule has 0 aliphatic heterocycles. The second kappa shape index (κ2) is 7.70. The van der Waals surface area contributed by atoms with Gasteiger partial charge in [-0.25, -0.2) is 0 Å². The van der Waals surface area contributed by atoms with Crippen LogP contribution in [0.25, 0.3) is 0 Å². The summed E-state index contributed by atoms with van der Waals surface area (Å²) in [5.74, 6) is 1.40. The molecule has 0 atom stereocenters. The number of ether oxygens (including phenoxy) is 1. The highest BCUT2D eigenvalue weighted by atomic mass is 16.5. The van der Waals surface area contributed by atoms with E-state index in [9.17, 15) is 4.79 Å². The summed E-state index contributed by atoms with van der Waals surface area (Å²) in [7, 11) is 1.62. The van der Waals surface area contributed by atoms with Crippen molar-refractivity contribution in [1.29, 1.82) is 0 Å². The van der Waals surface area contributed by atoms with Gasteiger partial charge in [0, 0.05) is 11.3 Å². The lowest BCUT2D eigenvalue weighted by Crippen LogP contribution is -2.30. The molecule has 0 saturated heterocycles. The van der Waals surface area contributed by atoms with Gasteiger partial charge in [-0.3, -0.25) is 4.79 Å². The zero-order valence-electron chi connectivity index (χ0n) is 16.2. The number of hydrogen-bond donors (Lipinski definition) is 0. The number of nitrogens with zero attached hydrogens (tertiary/aromatic N) is 1. The summed E-state index contributed by atoms with van der Waals surface area (Å²) < 4.78 is 10.7. The fourth-order valence-corrected chi connectivity index (χ4v) is 2.87. The molecular formula is C23H25NO3. The Balaban J connectivity index is 1.92. The van der Waals surface area contributed by atoms with Crippen molar-refractivity contribution >= 4 is 11.6 Å². The van der Waals surface area contributed by atoms with E-state index in [1.807, 2.05) is 60.7 Å². The average Bonchev–Trinajstić information content (AvgIpc) is 3.18. The van der Waals surface area contributed by atoms with Crippen LogP contribution in [0.4, 0.5) is 5.69 Å². The van der Waals surface area contributed by atoms with Crippen LogP contribution in [0.3, 0.4) is 0 Å². The van der Waals surface area contributed by atoms with E-state index in [1.165, 1.54) is 5.56 Å². The van der Waals surface area contributed by atoms with Gasteiger partial charge in [0.1, 0.15) is 11.5 Å². The topological polar surface area (TPSA) is 42.7 Å². The number of carbonyl (C=O) groups excluding carboxylic acids is 1. The Labute approximate surface area is 160 Å². The van der Waals surface area contributed by atoms with Crippen molar-refractivity contribution in [2.75, 3.05) is 12.0 Å². The first-order chi connectivity index (χ1) is 12.9. The smallest absolute Gasteiger partial charge is 0.258 e. The summed E-state index contributed by atoms with van der Waals surface area (Å²) in [5.41, 5.74) is 2.68. The zero-order valence-corrected chi connectivity index (χ0v) is 16.2. The fourth-order valence-electron chi connectivity index (χ4n) is 2.87. The van der Waals surface area contributed by atoms with E-state index in [4.69, 9.17) is 9.15 Å².